The van der Waals surface area contributed by atoms with Crippen molar-refractivity contribution in [2.45, 2.75) is 78.2 Å². The van der Waals surface area contributed by atoms with E-state index in [4.69, 9.17) is 4.74 Å². The summed E-state index contributed by atoms with van der Waals surface area (Å²) < 4.78 is 5.50. The van der Waals surface area contributed by atoms with Crippen molar-refractivity contribution >= 4 is 11.8 Å². The van der Waals surface area contributed by atoms with Gasteiger partial charge in [-0.1, -0.05) is 25.5 Å². The number of esters is 1. The molecule has 4 aliphatic carbocycles. The normalized spacial score (nSPS) is 47.3. The second kappa shape index (κ2) is 5.44. The lowest BCUT2D eigenvalue weighted by atomic mass is 9.48. The number of Topliss-reactive ketones (excluding diaryl/α,β-unsaturated/α-hetero) is 1. The zero-order chi connectivity index (χ0) is 17.1. The van der Waals surface area contributed by atoms with Crippen LogP contribution in [-0.2, 0) is 14.3 Å². The average molecular weight is 330 g/mol. The Bertz CT molecular complexity index is 606. The Morgan fingerprint density at radius 3 is 2.58 bits per heavy atom. The fraction of sp³-hybridized carbons (Fsp3) is 0.810. The molecule has 3 heteroatoms. The second-order valence-corrected chi connectivity index (χ2v) is 9.15. The first-order valence-corrected chi connectivity index (χ1v) is 9.74. The Kier molecular flexibility index (Phi) is 3.71. The molecule has 132 valence electrons. The van der Waals surface area contributed by atoms with E-state index in [0.29, 0.717) is 23.5 Å². The van der Waals surface area contributed by atoms with Crippen LogP contribution in [0.2, 0.25) is 0 Å². The lowest BCUT2D eigenvalue weighted by molar-refractivity contribution is -0.148. The van der Waals surface area contributed by atoms with Crippen molar-refractivity contribution in [1.29, 1.82) is 0 Å². The molecule has 0 spiro atoms. The molecule has 0 aliphatic heterocycles. The average Bonchev–Trinajstić information content (AvgIpc) is 2.83. The van der Waals surface area contributed by atoms with Crippen molar-refractivity contribution in [2.75, 3.05) is 0 Å². The van der Waals surface area contributed by atoms with E-state index in [9.17, 15) is 9.59 Å². The van der Waals surface area contributed by atoms with Gasteiger partial charge in [0.1, 0.15) is 11.9 Å². The largest absolute Gasteiger partial charge is 0.462 e. The van der Waals surface area contributed by atoms with Gasteiger partial charge in [-0.25, -0.2) is 0 Å². The molecule has 6 atom stereocenters. The molecule has 0 amide bonds. The maximum absolute atomic E-state index is 12.4. The summed E-state index contributed by atoms with van der Waals surface area (Å²) in [5, 5.41) is 0. The van der Waals surface area contributed by atoms with Gasteiger partial charge in [-0.3, -0.25) is 9.59 Å². The summed E-state index contributed by atoms with van der Waals surface area (Å²) in [6, 6.07) is 0. The standard InChI is InChI=1S/C21H30O3/c1-13(22)24-15-8-10-20(2)14(12-15)4-5-16-17-6-7-19(23)21(17,3)11-9-18(16)20/h4,15-18H,5-12H2,1-3H3/t15-,16-,17?,18?,20-,21?/m0/s1. The Morgan fingerprint density at radius 2 is 1.83 bits per heavy atom. The summed E-state index contributed by atoms with van der Waals surface area (Å²) in [4.78, 5) is 23.7. The van der Waals surface area contributed by atoms with Crippen LogP contribution in [0.1, 0.15) is 72.1 Å². The fourth-order valence-corrected chi connectivity index (χ4v) is 6.73. The zero-order valence-electron chi connectivity index (χ0n) is 15.3. The highest BCUT2D eigenvalue weighted by atomic mass is 16.5. The molecule has 3 nitrogen and oxygen atoms in total. The van der Waals surface area contributed by atoms with Crippen molar-refractivity contribution in [3.63, 3.8) is 0 Å². The van der Waals surface area contributed by atoms with Crippen molar-refractivity contribution in [3.05, 3.63) is 11.6 Å². The molecule has 3 fully saturated rings. The van der Waals surface area contributed by atoms with E-state index < -0.39 is 0 Å². The van der Waals surface area contributed by atoms with Crippen LogP contribution in [0, 0.1) is 28.6 Å². The predicted octanol–water partition coefficient (Wildman–Crippen LogP) is 4.45. The number of fused-ring (bicyclic) bond motifs is 5. The highest BCUT2D eigenvalue weighted by Crippen LogP contribution is 2.64. The third-order valence-electron chi connectivity index (χ3n) is 8.10. The summed E-state index contributed by atoms with van der Waals surface area (Å²) >= 11 is 0. The van der Waals surface area contributed by atoms with E-state index in [2.05, 4.69) is 19.9 Å². The van der Waals surface area contributed by atoms with E-state index in [1.54, 1.807) is 0 Å². The molecule has 0 heterocycles. The summed E-state index contributed by atoms with van der Waals surface area (Å²) in [5.41, 5.74) is 1.74. The molecular formula is C21H30O3. The minimum Gasteiger partial charge on any atom is -0.462 e. The SMILES string of the molecule is CC(=O)O[C@H]1CC[C@@]2(C)C(=CC[C@H]3C4CCC(=O)C4(C)CCC32)C1. The van der Waals surface area contributed by atoms with Gasteiger partial charge in [-0.15, -0.1) is 0 Å². The highest BCUT2D eigenvalue weighted by molar-refractivity contribution is 5.87. The van der Waals surface area contributed by atoms with Crippen LogP contribution >= 0.6 is 0 Å². The minimum atomic E-state index is -0.157. The number of ether oxygens (including phenoxy) is 1. The molecule has 4 aliphatic rings. The van der Waals surface area contributed by atoms with Gasteiger partial charge in [0, 0.05) is 25.2 Å². The van der Waals surface area contributed by atoms with Gasteiger partial charge in [-0.2, -0.15) is 0 Å². The number of carbonyl (C=O) groups is 2. The van der Waals surface area contributed by atoms with E-state index in [-0.39, 0.29) is 22.9 Å². The topological polar surface area (TPSA) is 43.4 Å². The van der Waals surface area contributed by atoms with Crippen LogP contribution in [0.3, 0.4) is 0 Å². The monoisotopic (exact) mass is 330 g/mol. The molecule has 0 aromatic carbocycles. The van der Waals surface area contributed by atoms with Gasteiger partial charge in [0.05, 0.1) is 0 Å². The number of hydrogen-bond donors (Lipinski definition) is 0. The van der Waals surface area contributed by atoms with Gasteiger partial charge in [0.15, 0.2) is 0 Å². The Labute approximate surface area is 145 Å². The molecule has 24 heavy (non-hydrogen) atoms. The van der Waals surface area contributed by atoms with Gasteiger partial charge in [0.25, 0.3) is 0 Å². The fourth-order valence-electron chi connectivity index (χ4n) is 6.73. The molecular weight excluding hydrogens is 300 g/mol. The van der Waals surface area contributed by atoms with Crippen molar-refractivity contribution < 1.29 is 14.3 Å². The second-order valence-electron chi connectivity index (χ2n) is 9.15. The number of hydrogen-bond acceptors (Lipinski definition) is 3. The maximum Gasteiger partial charge on any atom is 0.302 e. The van der Waals surface area contributed by atoms with E-state index in [0.717, 1.165) is 44.9 Å². The van der Waals surface area contributed by atoms with Crippen LogP contribution in [0.25, 0.3) is 0 Å². The minimum absolute atomic E-state index is 0.0438. The lowest BCUT2D eigenvalue weighted by Crippen LogP contribution is -2.50. The van der Waals surface area contributed by atoms with Crippen molar-refractivity contribution in [1.82, 2.24) is 0 Å². The number of carbonyl (C=O) groups excluding carboxylic acids is 2. The molecule has 0 radical (unpaired) electrons. The zero-order valence-corrected chi connectivity index (χ0v) is 15.3. The molecule has 4 rings (SSSR count). The van der Waals surface area contributed by atoms with Gasteiger partial charge in [-0.05, 0) is 61.7 Å². The Balaban J connectivity index is 1.60. The first-order chi connectivity index (χ1) is 11.3. The van der Waals surface area contributed by atoms with E-state index >= 15 is 0 Å². The smallest absolute Gasteiger partial charge is 0.302 e. The van der Waals surface area contributed by atoms with Crippen LogP contribution in [0.15, 0.2) is 11.6 Å². The molecule has 3 saturated carbocycles. The summed E-state index contributed by atoms with van der Waals surface area (Å²) in [7, 11) is 0. The molecule has 0 N–H and O–H groups in total. The summed E-state index contributed by atoms with van der Waals surface area (Å²) in [6.07, 6.45) is 10.8. The van der Waals surface area contributed by atoms with Gasteiger partial charge < -0.3 is 4.74 Å². The third-order valence-corrected chi connectivity index (χ3v) is 8.10. The van der Waals surface area contributed by atoms with Crippen molar-refractivity contribution in [2.24, 2.45) is 28.6 Å². The first kappa shape index (κ1) is 16.4. The maximum atomic E-state index is 12.4. The Morgan fingerprint density at radius 1 is 1.12 bits per heavy atom. The number of ketones is 1. The predicted molar refractivity (Wildman–Crippen MR) is 92.3 cm³/mol. The first-order valence-electron chi connectivity index (χ1n) is 9.74. The van der Waals surface area contributed by atoms with Gasteiger partial charge >= 0.3 is 5.97 Å². The quantitative estimate of drug-likeness (QED) is 0.527. The van der Waals surface area contributed by atoms with Crippen LogP contribution < -0.4 is 0 Å². The van der Waals surface area contributed by atoms with E-state index in [1.165, 1.54) is 18.9 Å². The Hall–Kier alpha value is -1.12. The van der Waals surface area contributed by atoms with Crippen LogP contribution in [0.4, 0.5) is 0 Å². The summed E-state index contributed by atoms with van der Waals surface area (Å²) in [5.74, 6) is 2.33. The molecule has 0 saturated heterocycles. The number of allylic oxidation sites excluding steroid dienone is 1. The van der Waals surface area contributed by atoms with Crippen molar-refractivity contribution in [3.8, 4) is 0 Å². The molecule has 0 bridgehead atoms. The van der Waals surface area contributed by atoms with Gasteiger partial charge in [0.2, 0.25) is 0 Å². The van der Waals surface area contributed by atoms with Crippen LogP contribution in [0.5, 0.6) is 0 Å². The lowest BCUT2D eigenvalue weighted by Gasteiger charge is -2.56. The third kappa shape index (κ3) is 2.23. The highest BCUT2D eigenvalue weighted by Gasteiger charge is 2.58. The summed E-state index contributed by atoms with van der Waals surface area (Å²) in [6.45, 7) is 6.19. The van der Waals surface area contributed by atoms with Crippen LogP contribution in [-0.4, -0.2) is 17.9 Å². The molecule has 0 aromatic rings. The number of rotatable bonds is 1. The molecule has 3 unspecified atom stereocenters. The molecule has 0 aromatic heterocycles. The van der Waals surface area contributed by atoms with E-state index in [1.807, 2.05) is 0 Å².